The number of anilines is 1. The third-order valence-corrected chi connectivity index (χ3v) is 6.75. The number of ketones is 1. The Hall–Kier alpha value is -3.31. The molecule has 11 heteroatoms. The van der Waals surface area contributed by atoms with Crippen molar-refractivity contribution in [3.05, 3.63) is 68.4 Å². The zero-order valence-corrected chi connectivity index (χ0v) is 16.9. The van der Waals surface area contributed by atoms with Crippen LogP contribution in [-0.2, 0) is 10.0 Å². The Balaban J connectivity index is 1.81. The van der Waals surface area contributed by atoms with Gasteiger partial charge in [-0.25, -0.2) is 8.42 Å². The Labute approximate surface area is 169 Å². The summed E-state index contributed by atoms with van der Waals surface area (Å²) in [6.07, 6.45) is 2.87. The van der Waals surface area contributed by atoms with Crippen LogP contribution in [0.1, 0.15) is 33.6 Å². The average molecular weight is 433 g/mol. The van der Waals surface area contributed by atoms with E-state index in [2.05, 4.69) is 9.88 Å². The SMILES string of the molecule is CC(=O)c1cccc(NS(=O)(=O)c2ccc(C=Cc3onc(C)c3[N+](=O)[O-])s2)c1. The Bertz CT molecular complexity index is 1220. The predicted octanol–water partition coefficient (Wildman–Crippen LogP) is 4.13. The summed E-state index contributed by atoms with van der Waals surface area (Å²) in [5.41, 5.74) is 0.582. The highest BCUT2D eigenvalue weighted by molar-refractivity contribution is 7.94. The molecule has 0 radical (unpaired) electrons. The molecule has 150 valence electrons. The fourth-order valence-electron chi connectivity index (χ4n) is 2.45. The van der Waals surface area contributed by atoms with Crippen LogP contribution in [0.5, 0.6) is 0 Å². The van der Waals surface area contributed by atoms with Crippen LogP contribution in [0.3, 0.4) is 0 Å². The molecule has 0 aliphatic rings. The highest BCUT2D eigenvalue weighted by Gasteiger charge is 2.22. The van der Waals surface area contributed by atoms with Gasteiger partial charge in [0.2, 0.25) is 5.76 Å². The lowest BCUT2D eigenvalue weighted by molar-refractivity contribution is -0.386. The van der Waals surface area contributed by atoms with Crippen molar-refractivity contribution < 1.29 is 22.7 Å². The van der Waals surface area contributed by atoms with E-state index in [0.717, 1.165) is 11.3 Å². The zero-order valence-electron chi connectivity index (χ0n) is 15.3. The third-order valence-electron chi connectivity index (χ3n) is 3.83. The maximum Gasteiger partial charge on any atom is 0.338 e. The van der Waals surface area contributed by atoms with Gasteiger partial charge in [-0.3, -0.25) is 19.6 Å². The van der Waals surface area contributed by atoms with Crippen LogP contribution in [0.4, 0.5) is 11.4 Å². The third kappa shape index (κ3) is 4.58. The molecule has 0 aliphatic carbocycles. The number of nitro groups is 1. The molecule has 29 heavy (non-hydrogen) atoms. The van der Waals surface area contributed by atoms with Gasteiger partial charge in [0.15, 0.2) is 11.5 Å². The van der Waals surface area contributed by atoms with Gasteiger partial charge in [0.05, 0.1) is 4.92 Å². The number of nitrogens with one attached hydrogen (secondary N) is 1. The predicted molar refractivity (Wildman–Crippen MR) is 108 cm³/mol. The molecule has 9 nitrogen and oxygen atoms in total. The molecule has 0 unspecified atom stereocenters. The molecule has 0 saturated carbocycles. The minimum Gasteiger partial charge on any atom is -0.349 e. The van der Waals surface area contributed by atoms with Crippen LogP contribution in [0.2, 0.25) is 0 Å². The molecule has 0 fully saturated rings. The molecule has 0 spiro atoms. The van der Waals surface area contributed by atoms with E-state index in [4.69, 9.17) is 4.52 Å². The van der Waals surface area contributed by atoms with E-state index in [0.29, 0.717) is 10.4 Å². The average Bonchev–Trinajstić information content (AvgIpc) is 3.26. The van der Waals surface area contributed by atoms with Crippen molar-refractivity contribution in [2.24, 2.45) is 0 Å². The minimum atomic E-state index is -3.86. The first-order valence-electron chi connectivity index (χ1n) is 8.20. The maximum atomic E-state index is 12.6. The maximum absolute atomic E-state index is 12.6. The summed E-state index contributed by atoms with van der Waals surface area (Å²) in [5.74, 6) is -0.198. The van der Waals surface area contributed by atoms with Gasteiger partial charge in [-0.1, -0.05) is 17.3 Å². The molecular weight excluding hydrogens is 418 g/mol. The van der Waals surface area contributed by atoms with Crippen molar-refractivity contribution in [2.75, 3.05) is 4.72 Å². The Morgan fingerprint density at radius 3 is 2.72 bits per heavy atom. The van der Waals surface area contributed by atoms with Crippen molar-refractivity contribution >= 4 is 50.7 Å². The highest BCUT2D eigenvalue weighted by atomic mass is 32.2. The quantitative estimate of drug-likeness (QED) is 0.336. The number of hydrogen-bond donors (Lipinski definition) is 1. The molecule has 3 aromatic rings. The van der Waals surface area contributed by atoms with Crippen molar-refractivity contribution in [3.63, 3.8) is 0 Å². The van der Waals surface area contributed by atoms with Gasteiger partial charge in [0.25, 0.3) is 10.0 Å². The lowest BCUT2D eigenvalue weighted by Crippen LogP contribution is -2.11. The second-order valence-corrected chi connectivity index (χ2v) is 9.00. The second kappa shape index (κ2) is 7.97. The number of nitrogens with zero attached hydrogens (tertiary/aromatic N) is 2. The van der Waals surface area contributed by atoms with Crippen LogP contribution < -0.4 is 4.72 Å². The lowest BCUT2D eigenvalue weighted by atomic mass is 10.1. The summed E-state index contributed by atoms with van der Waals surface area (Å²) in [7, 11) is -3.86. The standard InChI is InChI=1S/C18H15N3O6S2/c1-11-18(21(23)24)16(27-19-11)8-6-15-7-9-17(28-15)29(25,26)20-14-5-3-4-13(10-14)12(2)22/h3-10,20H,1-2H3. The first-order chi connectivity index (χ1) is 13.7. The molecule has 1 aromatic carbocycles. The van der Waals surface area contributed by atoms with Gasteiger partial charge in [0.1, 0.15) is 4.21 Å². The molecule has 3 rings (SSSR count). The molecule has 0 saturated heterocycles. The molecular formula is C18H15N3O6S2. The van der Waals surface area contributed by atoms with E-state index in [9.17, 15) is 23.3 Å². The fraction of sp³-hybridized carbons (Fsp3) is 0.111. The van der Waals surface area contributed by atoms with E-state index >= 15 is 0 Å². The van der Waals surface area contributed by atoms with Crippen molar-refractivity contribution in [3.8, 4) is 0 Å². The van der Waals surface area contributed by atoms with Gasteiger partial charge < -0.3 is 4.52 Å². The first-order valence-corrected chi connectivity index (χ1v) is 10.5. The number of benzene rings is 1. The van der Waals surface area contributed by atoms with Gasteiger partial charge in [0, 0.05) is 16.1 Å². The number of rotatable bonds is 7. The van der Waals surface area contributed by atoms with Gasteiger partial charge >= 0.3 is 5.69 Å². The Morgan fingerprint density at radius 1 is 1.28 bits per heavy atom. The van der Waals surface area contributed by atoms with Gasteiger partial charge in [-0.05, 0) is 50.3 Å². The molecule has 2 aromatic heterocycles. The van der Waals surface area contributed by atoms with Crippen LogP contribution in [0.25, 0.3) is 12.2 Å². The minimum absolute atomic E-state index is 0.0236. The van der Waals surface area contributed by atoms with E-state index in [1.165, 1.54) is 38.1 Å². The summed E-state index contributed by atoms with van der Waals surface area (Å²) >= 11 is 0.974. The first kappa shape index (κ1) is 20.4. The topological polar surface area (TPSA) is 132 Å². The molecule has 1 N–H and O–H groups in total. The Morgan fingerprint density at radius 2 is 2.03 bits per heavy atom. The normalized spacial score (nSPS) is 11.7. The van der Waals surface area contributed by atoms with Crippen LogP contribution in [0, 0.1) is 17.0 Å². The van der Waals surface area contributed by atoms with Crippen molar-refractivity contribution in [1.82, 2.24) is 5.16 Å². The highest BCUT2D eigenvalue weighted by Crippen LogP contribution is 2.28. The molecule has 0 bridgehead atoms. The lowest BCUT2D eigenvalue weighted by Gasteiger charge is -2.07. The number of carbonyl (C=O) groups excluding carboxylic acids is 1. The number of aromatic nitrogens is 1. The van der Waals surface area contributed by atoms with E-state index in [1.54, 1.807) is 24.3 Å². The summed E-state index contributed by atoms with van der Waals surface area (Å²) < 4.78 is 32.6. The number of aryl methyl sites for hydroxylation is 1. The van der Waals surface area contributed by atoms with Gasteiger partial charge in [-0.15, -0.1) is 11.3 Å². The van der Waals surface area contributed by atoms with E-state index in [-0.39, 0.29) is 32.8 Å². The van der Waals surface area contributed by atoms with E-state index in [1.807, 2.05) is 0 Å². The molecule has 0 atom stereocenters. The monoisotopic (exact) mass is 433 g/mol. The van der Waals surface area contributed by atoms with Crippen LogP contribution in [-0.4, -0.2) is 24.3 Å². The smallest absolute Gasteiger partial charge is 0.338 e. The second-order valence-electron chi connectivity index (χ2n) is 5.97. The number of Topliss-reactive ketones (excluding diaryl/α,β-unsaturated/α-hetero) is 1. The summed E-state index contributed by atoms with van der Waals surface area (Å²) in [5, 5.41) is 14.6. The molecule has 0 amide bonds. The van der Waals surface area contributed by atoms with Crippen molar-refractivity contribution in [1.29, 1.82) is 0 Å². The fourth-order valence-corrected chi connectivity index (χ4v) is 4.73. The summed E-state index contributed by atoms with van der Waals surface area (Å²) in [6, 6.07) is 9.17. The van der Waals surface area contributed by atoms with Crippen LogP contribution >= 0.6 is 11.3 Å². The number of hydrogen-bond acceptors (Lipinski definition) is 8. The number of carbonyl (C=O) groups is 1. The number of thiophene rings is 1. The zero-order chi connectivity index (χ0) is 21.2. The van der Waals surface area contributed by atoms with E-state index < -0.39 is 14.9 Å². The molecule has 0 aliphatic heterocycles. The van der Waals surface area contributed by atoms with Crippen molar-refractivity contribution in [2.45, 2.75) is 18.1 Å². The van der Waals surface area contributed by atoms with Gasteiger partial charge in [-0.2, -0.15) is 0 Å². The summed E-state index contributed by atoms with van der Waals surface area (Å²) in [6.45, 7) is 2.85. The largest absolute Gasteiger partial charge is 0.349 e. The van der Waals surface area contributed by atoms with Crippen LogP contribution in [0.15, 0.2) is 45.1 Å². The summed E-state index contributed by atoms with van der Waals surface area (Å²) in [4.78, 5) is 22.5. The molecule has 2 heterocycles. The Kier molecular flexibility index (Phi) is 5.62. The number of sulfonamides is 1.